The van der Waals surface area contributed by atoms with E-state index in [0.29, 0.717) is 38.6 Å². The van der Waals surface area contributed by atoms with Crippen molar-refractivity contribution in [1.29, 1.82) is 0 Å². The molecule has 13 nitrogen and oxygen atoms in total. The van der Waals surface area contributed by atoms with E-state index in [2.05, 4.69) is 27.7 Å². The van der Waals surface area contributed by atoms with Crippen LogP contribution >= 0.6 is 0 Å². The molecular formula is C50H86O13. The minimum atomic E-state index is -1.71. The number of carbonyl (C=O) groups excluding carboxylic acids is 1. The molecule has 0 heterocycles. The summed E-state index contributed by atoms with van der Waals surface area (Å²) in [6.45, 7) is 9.63. The first-order chi connectivity index (χ1) is 30.6. The monoisotopic (exact) mass is 895 g/mol. The molecule has 3 N–H and O–H groups in total. The molecule has 63 heavy (non-hydrogen) atoms. The Labute approximate surface area is 379 Å². The molecule has 0 radical (unpaired) electrons. The summed E-state index contributed by atoms with van der Waals surface area (Å²) < 4.78 is 38.2. The van der Waals surface area contributed by atoms with Crippen LogP contribution in [0.25, 0.3) is 0 Å². The lowest BCUT2D eigenvalue weighted by atomic mass is 9.98. The second-order valence-corrected chi connectivity index (χ2v) is 16.7. The molecule has 1 rings (SSSR count). The standard InChI is InChI=1S/C50H86O13/c1-5-9-13-17-21-25-29-33-59-49(60-38-37-58-48(57)44-40-42(46(53)54)41(45(51)52)39-43(44)47(55)56)50(61-34-30-26-22-18-14-10-6-2,62-35-31-27-23-19-15-11-7-3)63-36-32-28-24-20-16-12-8-4/h39-40,49H,5-38H2,1-4H3,(H,51,52)(H,53,54)(H,55,56). The molecule has 0 saturated carbocycles. The summed E-state index contributed by atoms with van der Waals surface area (Å²) in [4.78, 5) is 48.9. The van der Waals surface area contributed by atoms with Crippen LogP contribution in [0, 0.1) is 0 Å². The molecule has 0 spiro atoms. The second kappa shape index (κ2) is 38.2. The third kappa shape index (κ3) is 26.5. The summed E-state index contributed by atoms with van der Waals surface area (Å²) >= 11 is 0. The van der Waals surface area contributed by atoms with E-state index in [1.165, 1.54) is 96.3 Å². The van der Waals surface area contributed by atoms with Crippen LogP contribution in [0.4, 0.5) is 0 Å². The lowest BCUT2D eigenvalue weighted by Gasteiger charge is -2.39. The van der Waals surface area contributed by atoms with Crippen LogP contribution in [0.5, 0.6) is 0 Å². The third-order valence-electron chi connectivity index (χ3n) is 11.1. The fourth-order valence-corrected chi connectivity index (χ4v) is 7.32. The number of hydrogen-bond acceptors (Lipinski definition) is 10. The highest BCUT2D eigenvalue weighted by Gasteiger charge is 2.45. The van der Waals surface area contributed by atoms with Crippen molar-refractivity contribution < 1.29 is 62.9 Å². The highest BCUT2D eigenvalue weighted by Crippen LogP contribution is 2.28. The highest BCUT2D eigenvalue weighted by molar-refractivity contribution is 6.09. The Morgan fingerprint density at radius 2 is 0.683 bits per heavy atom. The third-order valence-corrected chi connectivity index (χ3v) is 11.1. The Kier molecular flexibility index (Phi) is 35.1. The van der Waals surface area contributed by atoms with Gasteiger partial charge in [-0.25, -0.2) is 19.2 Å². The van der Waals surface area contributed by atoms with Crippen LogP contribution in [0.3, 0.4) is 0 Å². The smallest absolute Gasteiger partial charge is 0.339 e. The molecule has 13 heteroatoms. The average Bonchev–Trinajstić information content (AvgIpc) is 3.27. The van der Waals surface area contributed by atoms with Crippen molar-refractivity contribution in [2.45, 2.75) is 220 Å². The maximum Gasteiger partial charge on any atom is 0.339 e. The van der Waals surface area contributed by atoms with Crippen molar-refractivity contribution in [3.05, 3.63) is 34.4 Å². The largest absolute Gasteiger partial charge is 0.478 e. The summed E-state index contributed by atoms with van der Waals surface area (Å²) in [5.41, 5.74) is -2.80. The number of carbonyl (C=O) groups is 4. The van der Waals surface area contributed by atoms with Gasteiger partial charge in [-0.3, -0.25) is 0 Å². The topological polar surface area (TPSA) is 184 Å². The zero-order valence-electron chi connectivity index (χ0n) is 39.7. The number of aromatic carboxylic acids is 3. The predicted molar refractivity (Wildman–Crippen MR) is 246 cm³/mol. The summed E-state index contributed by atoms with van der Waals surface area (Å²) in [6, 6.07) is 1.36. The molecular weight excluding hydrogens is 809 g/mol. The van der Waals surface area contributed by atoms with Gasteiger partial charge in [-0.05, 0) is 37.8 Å². The SMILES string of the molecule is CCCCCCCCCOC(OCCOC(=O)c1cc(C(=O)O)c(C(=O)O)cc1C(=O)O)C(OCCCCCCCCC)(OCCCCCCCCC)OCCCCCCCCC. The van der Waals surface area contributed by atoms with Crippen molar-refractivity contribution in [2.24, 2.45) is 0 Å². The second-order valence-electron chi connectivity index (χ2n) is 16.7. The lowest BCUT2D eigenvalue weighted by Crippen LogP contribution is -2.53. The van der Waals surface area contributed by atoms with Crippen molar-refractivity contribution in [3.8, 4) is 0 Å². The van der Waals surface area contributed by atoms with Crippen LogP contribution < -0.4 is 0 Å². The molecule has 0 aliphatic rings. The van der Waals surface area contributed by atoms with E-state index in [9.17, 15) is 34.5 Å². The number of hydrogen-bond donors (Lipinski definition) is 3. The normalized spacial score (nSPS) is 12.1. The quantitative estimate of drug-likeness (QED) is 0.0319. The molecule has 0 saturated heterocycles. The number of unbranched alkanes of at least 4 members (excludes halogenated alkanes) is 24. The molecule has 0 aromatic heterocycles. The Bertz CT molecular complexity index is 1300. The Morgan fingerprint density at radius 3 is 1.03 bits per heavy atom. The number of carboxylic acids is 3. The summed E-state index contributed by atoms with van der Waals surface area (Å²) in [5, 5.41) is 28.9. The van der Waals surface area contributed by atoms with E-state index in [1.807, 2.05) is 0 Å². The number of ether oxygens (including phenoxy) is 6. The van der Waals surface area contributed by atoms with E-state index >= 15 is 0 Å². The van der Waals surface area contributed by atoms with Gasteiger partial charge >= 0.3 is 29.9 Å². The number of rotatable bonds is 45. The van der Waals surface area contributed by atoms with Gasteiger partial charge in [-0.2, -0.15) is 0 Å². The first kappa shape index (κ1) is 57.9. The summed E-state index contributed by atoms with van der Waals surface area (Å²) in [7, 11) is 0. The van der Waals surface area contributed by atoms with Gasteiger partial charge < -0.3 is 43.7 Å². The van der Waals surface area contributed by atoms with Crippen LogP contribution in [-0.4, -0.2) is 91.1 Å². The van der Waals surface area contributed by atoms with Crippen LogP contribution in [0.15, 0.2) is 12.1 Å². The van der Waals surface area contributed by atoms with E-state index in [-0.39, 0.29) is 13.2 Å². The molecule has 364 valence electrons. The summed E-state index contributed by atoms with van der Waals surface area (Å²) in [5.74, 6) is -7.76. The van der Waals surface area contributed by atoms with E-state index in [4.69, 9.17) is 28.4 Å². The zero-order valence-corrected chi connectivity index (χ0v) is 39.7. The van der Waals surface area contributed by atoms with Gasteiger partial charge in [0.1, 0.15) is 6.61 Å². The van der Waals surface area contributed by atoms with E-state index in [0.717, 1.165) is 83.5 Å². The van der Waals surface area contributed by atoms with Gasteiger partial charge in [0.15, 0.2) is 0 Å². The maximum atomic E-state index is 13.3. The van der Waals surface area contributed by atoms with Crippen molar-refractivity contribution in [1.82, 2.24) is 0 Å². The molecule has 0 amide bonds. The first-order valence-electron chi connectivity index (χ1n) is 24.8. The molecule has 1 aromatic rings. The fraction of sp³-hybridized carbons (Fsp3) is 0.800. The summed E-state index contributed by atoms with van der Waals surface area (Å²) in [6.07, 6.45) is 29.5. The number of carboxylic acid groups (broad SMARTS) is 3. The maximum absolute atomic E-state index is 13.3. The molecule has 0 fully saturated rings. The van der Waals surface area contributed by atoms with Crippen LogP contribution in [0.1, 0.15) is 249 Å². The molecule has 1 unspecified atom stereocenters. The van der Waals surface area contributed by atoms with Crippen molar-refractivity contribution in [3.63, 3.8) is 0 Å². The van der Waals surface area contributed by atoms with Gasteiger partial charge in [0.25, 0.3) is 0 Å². The Hall–Kier alpha value is -3.10. The van der Waals surface area contributed by atoms with Gasteiger partial charge in [0, 0.05) is 0 Å². The van der Waals surface area contributed by atoms with Gasteiger partial charge in [0.05, 0.1) is 55.3 Å². The zero-order chi connectivity index (χ0) is 46.4. The van der Waals surface area contributed by atoms with Crippen LogP contribution in [-0.2, 0) is 28.4 Å². The van der Waals surface area contributed by atoms with Gasteiger partial charge in [0.2, 0.25) is 6.29 Å². The molecule has 1 aromatic carbocycles. The van der Waals surface area contributed by atoms with Crippen LogP contribution in [0.2, 0.25) is 0 Å². The number of esters is 1. The minimum absolute atomic E-state index is 0.223. The molecule has 0 bridgehead atoms. The van der Waals surface area contributed by atoms with E-state index in [1.54, 1.807) is 0 Å². The highest BCUT2D eigenvalue weighted by atomic mass is 16.9. The number of benzene rings is 1. The van der Waals surface area contributed by atoms with Gasteiger partial charge in [-0.1, -0.05) is 182 Å². The predicted octanol–water partition coefficient (Wildman–Crippen LogP) is 13.0. The Balaban J connectivity index is 3.39. The molecule has 1 atom stereocenters. The minimum Gasteiger partial charge on any atom is -0.478 e. The van der Waals surface area contributed by atoms with Crippen molar-refractivity contribution in [2.75, 3.05) is 39.6 Å². The van der Waals surface area contributed by atoms with E-state index < -0.39 is 58.4 Å². The molecule has 0 aliphatic heterocycles. The van der Waals surface area contributed by atoms with Gasteiger partial charge in [-0.15, -0.1) is 0 Å². The first-order valence-corrected chi connectivity index (χ1v) is 24.8. The lowest BCUT2D eigenvalue weighted by molar-refractivity contribution is -0.457. The molecule has 0 aliphatic carbocycles. The Morgan fingerprint density at radius 1 is 0.397 bits per heavy atom. The van der Waals surface area contributed by atoms with Crippen molar-refractivity contribution >= 4 is 23.9 Å². The fourth-order valence-electron chi connectivity index (χ4n) is 7.32. The average molecular weight is 895 g/mol.